The summed E-state index contributed by atoms with van der Waals surface area (Å²) in [5.74, 6) is 0.466. The molecule has 0 aliphatic heterocycles. The van der Waals surface area contributed by atoms with Gasteiger partial charge in [0.2, 0.25) is 5.95 Å². The van der Waals surface area contributed by atoms with Crippen LogP contribution in [0.2, 0.25) is 0 Å². The third kappa shape index (κ3) is 2.41. The van der Waals surface area contributed by atoms with Crippen molar-refractivity contribution >= 4 is 21.9 Å². The van der Waals surface area contributed by atoms with Crippen LogP contribution in [0.25, 0.3) is 0 Å². The predicted molar refractivity (Wildman–Crippen MR) is 48.9 cm³/mol. The van der Waals surface area contributed by atoms with E-state index in [9.17, 15) is 4.39 Å². The maximum absolute atomic E-state index is 11.7. The van der Waals surface area contributed by atoms with Crippen molar-refractivity contribution in [1.82, 2.24) is 9.97 Å². The van der Waals surface area contributed by atoms with Crippen LogP contribution in [0.1, 0.15) is 5.69 Å². The molecule has 0 amide bonds. The number of nitrogens with one attached hydrogen (secondary N) is 1. The summed E-state index contributed by atoms with van der Waals surface area (Å²) >= 11 is 3.27. The molecular formula is C7H9BrFN3. The Morgan fingerprint density at radius 1 is 1.67 bits per heavy atom. The molecule has 0 saturated heterocycles. The SMILES string of the molecule is Cc1nc(NCCF)ncc1Br. The summed E-state index contributed by atoms with van der Waals surface area (Å²) in [7, 11) is 0. The Hall–Kier alpha value is -0.710. The Balaban J connectivity index is 2.69. The van der Waals surface area contributed by atoms with E-state index in [1.807, 2.05) is 6.92 Å². The van der Waals surface area contributed by atoms with Crippen molar-refractivity contribution in [2.45, 2.75) is 6.92 Å². The molecule has 1 N–H and O–H groups in total. The van der Waals surface area contributed by atoms with Gasteiger partial charge in [-0.3, -0.25) is 0 Å². The average molecular weight is 234 g/mol. The summed E-state index contributed by atoms with van der Waals surface area (Å²) in [6.45, 7) is 1.69. The van der Waals surface area contributed by atoms with Crippen LogP contribution in [-0.4, -0.2) is 23.2 Å². The van der Waals surface area contributed by atoms with Crippen molar-refractivity contribution in [2.75, 3.05) is 18.5 Å². The molecule has 0 fully saturated rings. The first-order valence-electron chi connectivity index (χ1n) is 3.53. The Morgan fingerprint density at radius 2 is 2.42 bits per heavy atom. The summed E-state index contributed by atoms with van der Waals surface area (Å²) in [4.78, 5) is 8.02. The van der Waals surface area contributed by atoms with Crippen LogP contribution in [0.15, 0.2) is 10.7 Å². The number of halogens is 2. The largest absolute Gasteiger partial charge is 0.352 e. The minimum Gasteiger partial charge on any atom is -0.352 e. The maximum atomic E-state index is 11.7. The van der Waals surface area contributed by atoms with Crippen LogP contribution >= 0.6 is 15.9 Å². The first-order chi connectivity index (χ1) is 5.74. The van der Waals surface area contributed by atoms with Gasteiger partial charge >= 0.3 is 0 Å². The van der Waals surface area contributed by atoms with Crippen LogP contribution < -0.4 is 5.32 Å². The van der Waals surface area contributed by atoms with E-state index in [1.54, 1.807) is 6.20 Å². The molecule has 66 valence electrons. The Labute approximate surface area is 78.5 Å². The van der Waals surface area contributed by atoms with Gasteiger partial charge in [-0.05, 0) is 22.9 Å². The molecule has 1 heterocycles. The smallest absolute Gasteiger partial charge is 0.223 e. The minimum absolute atomic E-state index is 0.251. The quantitative estimate of drug-likeness (QED) is 0.868. The lowest BCUT2D eigenvalue weighted by molar-refractivity contribution is 0.512. The molecule has 0 saturated carbocycles. The van der Waals surface area contributed by atoms with E-state index in [0.717, 1.165) is 10.2 Å². The van der Waals surface area contributed by atoms with Gasteiger partial charge in [0.25, 0.3) is 0 Å². The second kappa shape index (κ2) is 4.35. The fraction of sp³-hybridized carbons (Fsp3) is 0.429. The third-order valence-corrected chi connectivity index (χ3v) is 2.08. The predicted octanol–water partition coefficient (Wildman–Crippen LogP) is 1.93. The molecule has 12 heavy (non-hydrogen) atoms. The van der Waals surface area contributed by atoms with Gasteiger partial charge in [-0.25, -0.2) is 14.4 Å². The molecule has 0 spiro atoms. The molecule has 5 heteroatoms. The molecule has 0 radical (unpaired) electrons. The lowest BCUT2D eigenvalue weighted by Gasteiger charge is -2.02. The number of alkyl halides is 1. The molecule has 0 atom stereocenters. The zero-order valence-electron chi connectivity index (χ0n) is 6.64. The normalized spacial score (nSPS) is 9.92. The summed E-state index contributed by atoms with van der Waals surface area (Å²) in [5, 5.41) is 2.74. The second-order valence-electron chi connectivity index (χ2n) is 2.24. The molecular weight excluding hydrogens is 225 g/mol. The van der Waals surface area contributed by atoms with Crippen LogP contribution in [0.5, 0.6) is 0 Å². The van der Waals surface area contributed by atoms with Crippen molar-refractivity contribution < 1.29 is 4.39 Å². The van der Waals surface area contributed by atoms with Gasteiger partial charge in [0.15, 0.2) is 0 Å². The van der Waals surface area contributed by atoms with Gasteiger partial charge in [-0.2, -0.15) is 0 Å². The zero-order valence-corrected chi connectivity index (χ0v) is 8.23. The lowest BCUT2D eigenvalue weighted by Crippen LogP contribution is -2.07. The van der Waals surface area contributed by atoms with Gasteiger partial charge < -0.3 is 5.32 Å². The Kier molecular flexibility index (Phi) is 3.40. The van der Waals surface area contributed by atoms with Gasteiger partial charge in [-0.1, -0.05) is 0 Å². The summed E-state index contributed by atoms with van der Waals surface area (Å²) in [6, 6.07) is 0. The van der Waals surface area contributed by atoms with E-state index in [2.05, 4.69) is 31.2 Å². The first kappa shape index (κ1) is 9.38. The minimum atomic E-state index is -0.418. The van der Waals surface area contributed by atoms with Crippen LogP contribution in [0.4, 0.5) is 10.3 Å². The molecule has 0 aliphatic rings. The van der Waals surface area contributed by atoms with Gasteiger partial charge in [0, 0.05) is 12.7 Å². The highest BCUT2D eigenvalue weighted by atomic mass is 79.9. The highest BCUT2D eigenvalue weighted by Gasteiger charge is 1.98. The summed E-state index contributed by atoms with van der Waals surface area (Å²) in [5.41, 5.74) is 0.839. The molecule has 0 aliphatic carbocycles. The van der Waals surface area contributed by atoms with Crippen molar-refractivity contribution in [2.24, 2.45) is 0 Å². The van der Waals surface area contributed by atoms with Crippen LogP contribution in [0, 0.1) is 6.92 Å². The van der Waals surface area contributed by atoms with Gasteiger partial charge in [-0.15, -0.1) is 0 Å². The molecule has 1 aromatic rings. The van der Waals surface area contributed by atoms with E-state index in [-0.39, 0.29) is 6.54 Å². The van der Waals surface area contributed by atoms with E-state index >= 15 is 0 Å². The number of hydrogen-bond acceptors (Lipinski definition) is 3. The number of hydrogen-bond donors (Lipinski definition) is 1. The fourth-order valence-electron chi connectivity index (χ4n) is 0.697. The number of rotatable bonds is 3. The molecule has 1 rings (SSSR count). The summed E-state index contributed by atoms with van der Waals surface area (Å²) in [6.07, 6.45) is 1.64. The van der Waals surface area contributed by atoms with Crippen LogP contribution in [-0.2, 0) is 0 Å². The maximum Gasteiger partial charge on any atom is 0.223 e. The van der Waals surface area contributed by atoms with E-state index in [1.165, 1.54) is 0 Å². The standard InChI is InChI=1S/C7H9BrFN3/c1-5-6(8)4-11-7(12-5)10-3-2-9/h4H,2-3H2,1H3,(H,10,11,12). The van der Waals surface area contributed by atoms with E-state index in [4.69, 9.17) is 0 Å². The number of aromatic nitrogens is 2. The van der Waals surface area contributed by atoms with Gasteiger partial charge in [0.1, 0.15) is 6.67 Å². The number of aryl methyl sites for hydroxylation is 1. The highest BCUT2D eigenvalue weighted by molar-refractivity contribution is 9.10. The Morgan fingerprint density at radius 3 is 3.00 bits per heavy atom. The lowest BCUT2D eigenvalue weighted by atomic mass is 10.5. The summed E-state index contributed by atoms with van der Waals surface area (Å²) < 4.78 is 12.6. The van der Waals surface area contributed by atoms with E-state index < -0.39 is 6.67 Å². The zero-order chi connectivity index (χ0) is 8.97. The van der Waals surface area contributed by atoms with Crippen molar-refractivity contribution in [3.8, 4) is 0 Å². The topological polar surface area (TPSA) is 37.8 Å². The van der Waals surface area contributed by atoms with Crippen molar-refractivity contribution in [3.63, 3.8) is 0 Å². The Bertz CT molecular complexity index is 267. The van der Waals surface area contributed by atoms with Crippen molar-refractivity contribution in [1.29, 1.82) is 0 Å². The monoisotopic (exact) mass is 233 g/mol. The fourth-order valence-corrected chi connectivity index (χ4v) is 0.888. The molecule has 0 unspecified atom stereocenters. The van der Waals surface area contributed by atoms with Gasteiger partial charge in [0.05, 0.1) is 10.2 Å². The second-order valence-corrected chi connectivity index (χ2v) is 3.10. The van der Waals surface area contributed by atoms with E-state index in [0.29, 0.717) is 5.95 Å². The number of anilines is 1. The number of nitrogens with zero attached hydrogens (tertiary/aromatic N) is 2. The third-order valence-electron chi connectivity index (χ3n) is 1.30. The highest BCUT2D eigenvalue weighted by Crippen LogP contribution is 2.12. The molecule has 0 bridgehead atoms. The van der Waals surface area contributed by atoms with Crippen LogP contribution in [0.3, 0.4) is 0 Å². The molecule has 1 aromatic heterocycles. The molecule has 0 aromatic carbocycles. The van der Waals surface area contributed by atoms with Crippen molar-refractivity contribution in [3.05, 3.63) is 16.4 Å². The molecule has 3 nitrogen and oxygen atoms in total. The first-order valence-corrected chi connectivity index (χ1v) is 4.32. The average Bonchev–Trinajstić information content (AvgIpc) is 2.07.